The van der Waals surface area contributed by atoms with Crippen LogP contribution in [-0.2, 0) is 14.3 Å². The first-order valence-electron chi connectivity index (χ1n) is 2.60. The summed E-state index contributed by atoms with van der Waals surface area (Å²) >= 11 is 0. The van der Waals surface area contributed by atoms with Crippen LogP contribution in [0.5, 0.6) is 0 Å². The van der Waals surface area contributed by atoms with Gasteiger partial charge in [-0.1, -0.05) is 6.58 Å². The van der Waals surface area contributed by atoms with Crippen molar-refractivity contribution < 1.29 is 14.3 Å². The maximum absolute atomic E-state index is 10.4. The van der Waals surface area contributed by atoms with Crippen molar-refractivity contribution in [2.24, 2.45) is 4.99 Å². The fourth-order valence-corrected chi connectivity index (χ4v) is 0.317. The van der Waals surface area contributed by atoms with Crippen molar-refractivity contribution in [3.8, 4) is 0 Å². The molecule has 1 atom stereocenters. The van der Waals surface area contributed by atoms with E-state index >= 15 is 0 Å². The second-order valence-corrected chi connectivity index (χ2v) is 1.46. The van der Waals surface area contributed by atoms with Gasteiger partial charge in [0.05, 0.1) is 0 Å². The zero-order valence-electron chi connectivity index (χ0n) is 5.53. The Morgan fingerprint density at radius 3 is 2.90 bits per heavy atom. The molecule has 54 valence electrons. The highest BCUT2D eigenvalue weighted by molar-refractivity contribution is 5.81. The van der Waals surface area contributed by atoms with Gasteiger partial charge in [-0.3, -0.25) is 0 Å². The lowest BCUT2D eigenvalue weighted by Crippen LogP contribution is -2.09. The van der Waals surface area contributed by atoms with E-state index in [4.69, 9.17) is 0 Å². The van der Waals surface area contributed by atoms with Gasteiger partial charge in [0.2, 0.25) is 12.3 Å². The lowest BCUT2D eigenvalue weighted by Gasteiger charge is -2.01. The van der Waals surface area contributed by atoms with E-state index in [0.29, 0.717) is 0 Å². The highest BCUT2D eigenvalue weighted by Crippen LogP contribution is 1.91. The number of hydrogen-bond donors (Lipinski definition) is 0. The van der Waals surface area contributed by atoms with Crippen molar-refractivity contribution in [3.63, 3.8) is 0 Å². The van der Waals surface area contributed by atoms with Gasteiger partial charge < -0.3 is 4.74 Å². The molecule has 4 nitrogen and oxygen atoms in total. The predicted molar refractivity (Wildman–Crippen MR) is 33.9 cm³/mol. The molecule has 0 aliphatic carbocycles. The normalized spacial score (nSPS) is 10.9. The third-order valence-corrected chi connectivity index (χ3v) is 0.688. The molecule has 0 aliphatic heterocycles. The van der Waals surface area contributed by atoms with Crippen LogP contribution in [0.3, 0.4) is 0 Å². The van der Waals surface area contributed by atoms with Gasteiger partial charge in [0.25, 0.3) is 0 Å². The molecular weight excluding hydrogens is 134 g/mol. The van der Waals surface area contributed by atoms with Crippen LogP contribution in [0, 0.1) is 0 Å². The molecule has 0 spiro atoms. The topological polar surface area (TPSA) is 55.7 Å². The van der Waals surface area contributed by atoms with E-state index < -0.39 is 12.2 Å². The van der Waals surface area contributed by atoms with Crippen LogP contribution >= 0.6 is 0 Å². The van der Waals surface area contributed by atoms with Crippen LogP contribution in [0.15, 0.2) is 17.6 Å². The second kappa shape index (κ2) is 4.47. The number of nitrogens with zero attached hydrogens (tertiary/aromatic N) is 1. The first kappa shape index (κ1) is 8.59. The van der Waals surface area contributed by atoms with Crippen LogP contribution in [0.4, 0.5) is 0 Å². The van der Waals surface area contributed by atoms with Gasteiger partial charge in [-0.15, -0.1) is 0 Å². The standard InChI is InChI=1S/C6H7NO3/c1-3-6(9)10-5(2)7-4-8/h3,5H,1H2,2H3. The van der Waals surface area contributed by atoms with Crippen molar-refractivity contribution in [3.05, 3.63) is 12.7 Å². The highest BCUT2D eigenvalue weighted by atomic mass is 16.6. The summed E-state index contributed by atoms with van der Waals surface area (Å²) in [6.07, 6.45) is 1.48. The number of carbonyl (C=O) groups excluding carboxylic acids is 2. The minimum atomic E-state index is -0.775. The van der Waals surface area contributed by atoms with Crippen LogP contribution in [0.25, 0.3) is 0 Å². The molecule has 0 rings (SSSR count). The Hall–Kier alpha value is -1.41. The van der Waals surface area contributed by atoms with Crippen molar-refractivity contribution in [2.45, 2.75) is 13.2 Å². The van der Waals surface area contributed by atoms with Gasteiger partial charge in [0.15, 0.2) is 0 Å². The summed E-state index contributed by atoms with van der Waals surface area (Å²) in [5.41, 5.74) is 0. The molecule has 0 aromatic carbocycles. The first-order chi connectivity index (χ1) is 4.70. The first-order valence-corrected chi connectivity index (χ1v) is 2.60. The van der Waals surface area contributed by atoms with E-state index in [9.17, 15) is 9.59 Å². The predicted octanol–water partition coefficient (Wildman–Crippen LogP) is 0.397. The van der Waals surface area contributed by atoms with Crippen molar-refractivity contribution in [1.29, 1.82) is 0 Å². The molecule has 0 aromatic rings. The maximum Gasteiger partial charge on any atom is 0.332 e. The minimum Gasteiger partial charge on any atom is -0.436 e. The van der Waals surface area contributed by atoms with Gasteiger partial charge in [0.1, 0.15) is 0 Å². The zero-order chi connectivity index (χ0) is 7.98. The highest BCUT2D eigenvalue weighted by Gasteiger charge is 2.01. The molecule has 0 N–H and O–H groups in total. The Kier molecular flexibility index (Phi) is 3.84. The SMILES string of the molecule is C=CC(=O)OC(C)N=C=O. The lowest BCUT2D eigenvalue weighted by atomic mass is 10.6. The quantitative estimate of drug-likeness (QED) is 0.247. The summed E-state index contributed by atoms with van der Waals surface area (Å²) in [7, 11) is 0. The molecule has 0 aromatic heterocycles. The van der Waals surface area contributed by atoms with Gasteiger partial charge in [-0.05, 0) is 6.92 Å². The average molecular weight is 141 g/mol. The second-order valence-electron chi connectivity index (χ2n) is 1.46. The summed E-state index contributed by atoms with van der Waals surface area (Å²) in [6, 6.07) is 0. The fraction of sp³-hybridized carbons (Fsp3) is 0.333. The van der Waals surface area contributed by atoms with E-state index in [-0.39, 0.29) is 0 Å². The fourth-order valence-electron chi connectivity index (χ4n) is 0.317. The van der Waals surface area contributed by atoms with Crippen LogP contribution in [0.2, 0.25) is 0 Å². The lowest BCUT2D eigenvalue weighted by molar-refractivity contribution is -0.141. The minimum absolute atomic E-state index is 0.605. The van der Waals surface area contributed by atoms with E-state index in [1.165, 1.54) is 13.0 Å². The number of hydrogen-bond acceptors (Lipinski definition) is 4. The molecule has 0 bridgehead atoms. The molecule has 0 saturated carbocycles. The largest absolute Gasteiger partial charge is 0.436 e. The van der Waals surface area contributed by atoms with Gasteiger partial charge in [-0.2, -0.15) is 4.99 Å². The van der Waals surface area contributed by atoms with Crippen LogP contribution < -0.4 is 0 Å². The smallest absolute Gasteiger partial charge is 0.332 e. The molecule has 1 unspecified atom stereocenters. The van der Waals surface area contributed by atoms with E-state index in [2.05, 4.69) is 16.3 Å². The summed E-state index contributed by atoms with van der Waals surface area (Å²) in [5.74, 6) is -0.605. The third kappa shape index (κ3) is 3.57. The van der Waals surface area contributed by atoms with Crippen LogP contribution in [0.1, 0.15) is 6.92 Å². The van der Waals surface area contributed by atoms with E-state index in [1.54, 1.807) is 0 Å². The van der Waals surface area contributed by atoms with E-state index in [1.807, 2.05) is 0 Å². The number of isocyanates is 1. The number of esters is 1. The number of rotatable bonds is 3. The third-order valence-electron chi connectivity index (χ3n) is 0.688. The van der Waals surface area contributed by atoms with Crippen LogP contribution in [-0.4, -0.2) is 18.3 Å². The Labute approximate surface area is 58.2 Å². The summed E-state index contributed by atoms with van der Waals surface area (Å²) in [4.78, 5) is 23.1. The summed E-state index contributed by atoms with van der Waals surface area (Å²) in [5, 5.41) is 0. The Bertz CT molecular complexity index is 181. The molecule has 0 saturated heterocycles. The van der Waals surface area contributed by atoms with Gasteiger partial charge in [-0.25, -0.2) is 9.59 Å². The Morgan fingerprint density at radius 1 is 1.90 bits per heavy atom. The number of aliphatic imine (C=N–C) groups is 1. The number of carbonyl (C=O) groups is 1. The van der Waals surface area contributed by atoms with E-state index in [0.717, 1.165) is 6.08 Å². The molecule has 0 radical (unpaired) electrons. The Balaban J connectivity index is 3.78. The van der Waals surface area contributed by atoms with Crippen molar-refractivity contribution >= 4 is 12.0 Å². The molecule has 0 fully saturated rings. The molecule has 4 heteroatoms. The molecule has 10 heavy (non-hydrogen) atoms. The molecule has 0 aliphatic rings. The molecule has 0 amide bonds. The molecular formula is C6H7NO3. The molecule has 0 heterocycles. The summed E-state index contributed by atoms with van der Waals surface area (Å²) in [6.45, 7) is 4.61. The van der Waals surface area contributed by atoms with Crippen molar-refractivity contribution in [2.75, 3.05) is 0 Å². The Morgan fingerprint density at radius 2 is 2.50 bits per heavy atom. The monoisotopic (exact) mass is 141 g/mol. The van der Waals surface area contributed by atoms with Crippen molar-refractivity contribution in [1.82, 2.24) is 0 Å². The summed E-state index contributed by atoms with van der Waals surface area (Å²) < 4.78 is 4.45. The maximum atomic E-state index is 10.4. The van der Waals surface area contributed by atoms with Gasteiger partial charge >= 0.3 is 5.97 Å². The van der Waals surface area contributed by atoms with Gasteiger partial charge in [0, 0.05) is 6.08 Å². The number of ether oxygens (including phenoxy) is 1. The zero-order valence-corrected chi connectivity index (χ0v) is 5.53. The average Bonchev–Trinajstić information content (AvgIpc) is 1.88.